The maximum absolute atomic E-state index is 13.4. The lowest BCUT2D eigenvalue weighted by Crippen LogP contribution is -2.50. The zero-order chi connectivity index (χ0) is 23.4. The molecule has 34 heavy (non-hydrogen) atoms. The lowest BCUT2D eigenvalue weighted by molar-refractivity contribution is -0.260. The summed E-state index contributed by atoms with van der Waals surface area (Å²) in [5.74, 6) is -0.594. The fourth-order valence-corrected chi connectivity index (χ4v) is 6.15. The van der Waals surface area contributed by atoms with Crippen LogP contribution in [0.1, 0.15) is 50.2 Å². The van der Waals surface area contributed by atoms with Crippen LogP contribution in [0.15, 0.2) is 18.2 Å². The topological polar surface area (TPSA) is 102 Å². The first-order valence-corrected chi connectivity index (χ1v) is 11.2. The van der Waals surface area contributed by atoms with Crippen molar-refractivity contribution in [2.45, 2.75) is 36.4 Å². The molecule has 0 radical (unpaired) electrons. The van der Waals surface area contributed by atoms with E-state index in [9.17, 15) is 9.59 Å². The third-order valence-corrected chi connectivity index (χ3v) is 7.43. The lowest BCUT2D eigenvalue weighted by atomic mass is 9.72. The summed E-state index contributed by atoms with van der Waals surface area (Å²) < 4.78 is 40.6. The van der Waals surface area contributed by atoms with Crippen molar-refractivity contribution in [1.29, 1.82) is 0 Å². The number of ether oxygens (including phenoxy) is 7. The number of carbonyl (C=O) groups is 2. The number of hydrogen-bond acceptors (Lipinski definition) is 9. The van der Waals surface area contributed by atoms with Crippen molar-refractivity contribution >= 4 is 23.2 Å². The molecule has 7 rings (SSSR count). The van der Waals surface area contributed by atoms with E-state index in [1.54, 1.807) is 18.2 Å². The molecular formula is C24H19ClO9. The average molecular weight is 487 g/mol. The highest BCUT2D eigenvalue weighted by Gasteiger charge is 2.76. The smallest absolute Gasteiger partial charge is 0.269 e. The number of ketones is 2. The number of benzene rings is 2. The number of fused-ring (bicyclic) bond motifs is 1. The van der Waals surface area contributed by atoms with Gasteiger partial charge in [-0.25, -0.2) is 0 Å². The zero-order valence-electron chi connectivity index (χ0n) is 18.3. The van der Waals surface area contributed by atoms with Gasteiger partial charge in [-0.1, -0.05) is 11.6 Å². The first kappa shape index (κ1) is 20.7. The van der Waals surface area contributed by atoms with Crippen molar-refractivity contribution < 1.29 is 42.7 Å². The zero-order valence-corrected chi connectivity index (χ0v) is 19.0. The highest BCUT2D eigenvalue weighted by atomic mass is 35.5. The van der Waals surface area contributed by atoms with Gasteiger partial charge in [0.15, 0.2) is 43.1 Å². The van der Waals surface area contributed by atoms with Crippen molar-refractivity contribution in [3.63, 3.8) is 0 Å². The summed E-state index contributed by atoms with van der Waals surface area (Å²) >= 11 is 6.67. The maximum Gasteiger partial charge on any atom is 0.269 e. The van der Waals surface area contributed by atoms with Crippen molar-refractivity contribution in [3.05, 3.63) is 51.0 Å². The molecule has 1 saturated heterocycles. The Hall–Kier alpha value is -2.69. The molecule has 10 heteroatoms. The number of halogens is 1. The molecule has 2 aliphatic carbocycles. The van der Waals surface area contributed by atoms with Crippen LogP contribution in [0.2, 0.25) is 5.02 Å². The Kier molecular flexibility index (Phi) is 4.08. The monoisotopic (exact) mass is 486 g/mol. The third kappa shape index (κ3) is 2.29. The van der Waals surface area contributed by atoms with Gasteiger partial charge in [0.2, 0.25) is 0 Å². The number of rotatable bonds is 6. The summed E-state index contributed by atoms with van der Waals surface area (Å²) in [5.41, 5.74) is 1.40. The summed E-state index contributed by atoms with van der Waals surface area (Å²) in [5, 5.41) is 0.241. The molecular weight excluding hydrogens is 468 g/mol. The second-order valence-corrected chi connectivity index (χ2v) is 9.27. The van der Waals surface area contributed by atoms with Gasteiger partial charge < -0.3 is 33.2 Å². The van der Waals surface area contributed by atoms with Crippen LogP contribution < -0.4 is 14.2 Å². The third-order valence-electron chi connectivity index (χ3n) is 7.15. The number of carbonyl (C=O) groups excluding carboxylic acids is 2. The van der Waals surface area contributed by atoms with Crippen molar-refractivity contribution in [2.75, 3.05) is 27.8 Å². The Bertz CT molecular complexity index is 1310. The fourth-order valence-electron chi connectivity index (χ4n) is 5.89. The van der Waals surface area contributed by atoms with E-state index < -0.39 is 23.6 Å². The van der Waals surface area contributed by atoms with Gasteiger partial charge >= 0.3 is 0 Å². The molecule has 1 fully saturated rings. The molecule has 0 saturated carbocycles. The van der Waals surface area contributed by atoms with E-state index >= 15 is 0 Å². The molecule has 5 aliphatic rings. The van der Waals surface area contributed by atoms with Gasteiger partial charge in [-0.2, -0.15) is 0 Å². The average Bonchev–Trinajstić information content (AvgIpc) is 3.61. The molecule has 0 amide bonds. The second-order valence-electron chi connectivity index (χ2n) is 8.86. The van der Waals surface area contributed by atoms with Crippen LogP contribution in [0.4, 0.5) is 0 Å². The lowest BCUT2D eigenvalue weighted by Gasteiger charge is -2.44. The summed E-state index contributed by atoms with van der Waals surface area (Å²) in [6, 6.07) is 5.19. The standard InChI is InChI=1S/C24H19ClO9/c1-28-8-30-13-3-4-14-18-15(13)12(26)5-6-23(18)10-7-11(25)20(31-9-29-2)16-17(10)24(33-14,34-23)22-21(32-22)19(16)27/h3-4,7,21-22H,5-6,8-9H2,1-2H3/t21-,22-,23+,24+/m1/s1. The molecule has 0 aromatic heterocycles. The van der Waals surface area contributed by atoms with Gasteiger partial charge in [0.1, 0.15) is 17.1 Å². The van der Waals surface area contributed by atoms with Gasteiger partial charge in [0, 0.05) is 37.3 Å². The Balaban J connectivity index is 1.53. The van der Waals surface area contributed by atoms with Crippen LogP contribution in [0.25, 0.3) is 0 Å². The predicted molar refractivity (Wildman–Crippen MR) is 114 cm³/mol. The van der Waals surface area contributed by atoms with Crippen LogP contribution in [-0.2, 0) is 30.3 Å². The van der Waals surface area contributed by atoms with Crippen molar-refractivity contribution in [3.8, 4) is 17.2 Å². The summed E-state index contributed by atoms with van der Waals surface area (Å²) in [7, 11) is 2.99. The minimum absolute atomic E-state index is 0.0173. The normalized spacial score (nSPS) is 30.8. The number of hydrogen-bond donors (Lipinski definition) is 0. The van der Waals surface area contributed by atoms with Gasteiger partial charge in [-0.15, -0.1) is 0 Å². The minimum atomic E-state index is -1.35. The Morgan fingerprint density at radius 3 is 2.68 bits per heavy atom. The van der Waals surface area contributed by atoms with Gasteiger partial charge in [-0.3, -0.25) is 9.59 Å². The molecule has 2 aromatic rings. The van der Waals surface area contributed by atoms with E-state index in [1.807, 2.05) is 0 Å². The Morgan fingerprint density at radius 1 is 1.09 bits per heavy atom. The van der Waals surface area contributed by atoms with Crippen LogP contribution in [0.5, 0.6) is 17.2 Å². The van der Waals surface area contributed by atoms with Crippen LogP contribution in [0.3, 0.4) is 0 Å². The summed E-state index contributed by atoms with van der Waals surface area (Å²) in [6.45, 7) is -0.108. The first-order valence-electron chi connectivity index (χ1n) is 10.9. The van der Waals surface area contributed by atoms with E-state index in [0.29, 0.717) is 40.2 Å². The molecule has 2 aromatic carbocycles. The number of methoxy groups -OCH3 is 2. The minimum Gasteiger partial charge on any atom is -0.467 e. The predicted octanol–water partition coefficient (Wildman–Crippen LogP) is 3.06. The second kappa shape index (κ2) is 6.71. The van der Waals surface area contributed by atoms with E-state index in [-0.39, 0.29) is 47.9 Å². The summed E-state index contributed by atoms with van der Waals surface area (Å²) in [4.78, 5) is 26.5. The van der Waals surface area contributed by atoms with Gasteiger partial charge in [0.25, 0.3) is 5.79 Å². The van der Waals surface area contributed by atoms with E-state index in [4.69, 9.17) is 44.8 Å². The number of epoxide rings is 1. The molecule has 9 nitrogen and oxygen atoms in total. The molecule has 4 atom stereocenters. The summed E-state index contributed by atoms with van der Waals surface area (Å²) in [6.07, 6.45) is -0.764. The highest BCUT2D eigenvalue weighted by Crippen LogP contribution is 2.69. The van der Waals surface area contributed by atoms with E-state index in [2.05, 4.69) is 0 Å². The molecule has 0 unspecified atom stereocenters. The van der Waals surface area contributed by atoms with Gasteiger partial charge in [0.05, 0.1) is 16.1 Å². The molecule has 3 heterocycles. The maximum atomic E-state index is 13.4. The molecule has 3 aliphatic heterocycles. The Morgan fingerprint density at radius 2 is 1.88 bits per heavy atom. The fraction of sp³-hybridized carbons (Fsp3) is 0.417. The molecule has 2 spiro atoms. The first-order chi connectivity index (χ1) is 16.5. The number of Topliss-reactive ketones (excluding diaryl/α,β-unsaturated/α-hetero) is 2. The molecule has 0 N–H and O–H groups in total. The van der Waals surface area contributed by atoms with Crippen LogP contribution in [-0.4, -0.2) is 51.6 Å². The largest absolute Gasteiger partial charge is 0.467 e. The van der Waals surface area contributed by atoms with Crippen molar-refractivity contribution in [2.24, 2.45) is 0 Å². The van der Waals surface area contributed by atoms with E-state index in [1.165, 1.54) is 14.2 Å². The molecule has 176 valence electrons. The SMILES string of the molecule is COCOc1ccc2c3c1C(=O)CC[C@@]31O[C@@]3(O2)c2c1cc(Cl)c(OCOC)c2C(=O)[C@H]1O[C@H]13. The van der Waals surface area contributed by atoms with E-state index in [0.717, 1.165) is 0 Å². The quantitative estimate of drug-likeness (QED) is 0.450. The van der Waals surface area contributed by atoms with Crippen LogP contribution >= 0.6 is 11.6 Å². The van der Waals surface area contributed by atoms with Crippen molar-refractivity contribution in [1.82, 2.24) is 0 Å². The van der Waals surface area contributed by atoms with Crippen LogP contribution in [0, 0.1) is 0 Å². The van der Waals surface area contributed by atoms with Gasteiger partial charge in [-0.05, 0) is 24.6 Å². The Labute approximate surface area is 198 Å². The highest BCUT2D eigenvalue weighted by molar-refractivity contribution is 6.33. The molecule has 2 bridgehead atoms.